The van der Waals surface area contributed by atoms with E-state index in [0.29, 0.717) is 0 Å². The number of carbonyl (C=O) groups excluding carboxylic acids is 2. The van der Waals surface area contributed by atoms with Gasteiger partial charge in [-0.2, -0.15) is 0 Å². The highest BCUT2D eigenvalue weighted by Gasteiger charge is 2.30. The SMILES string of the molecule is COCOC(=O)N(C)C(C)(C)COC(=O)OC. The molecule has 0 aliphatic rings. The van der Waals surface area contributed by atoms with Gasteiger partial charge in [0.15, 0.2) is 6.79 Å². The fourth-order valence-electron chi connectivity index (χ4n) is 0.845. The van der Waals surface area contributed by atoms with E-state index in [9.17, 15) is 9.59 Å². The van der Waals surface area contributed by atoms with Crippen molar-refractivity contribution < 1.29 is 28.5 Å². The van der Waals surface area contributed by atoms with Crippen molar-refractivity contribution in [1.82, 2.24) is 4.90 Å². The monoisotopic (exact) mass is 249 g/mol. The molecule has 0 atom stereocenters. The van der Waals surface area contributed by atoms with Gasteiger partial charge < -0.3 is 23.8 Å². The van der Waals surface area contributed by atoms with Crippen LogP contribution in [0.15, 0.2) is 0 Å². The van der Waals surface area contributed by atoms with Gasteiger partial charge in [0.25, 0.3) is 0 Å². The number of amides is 1. The molecular weight excluding hydrogens is 230 g/mol. The van der Waals surface area contributed by atoms with Crippen molar-refractivity contribution in [1.29, 1.82) is 0 Å². The second kappa shape index (κ2) is 6.95. The Bertz CT molecular complexity index is 266. The van der Waals surface area contributed by atoms with E-state index in [1.807, 2.05) is 0 Å². The average Bonchev–Trinajstić information content (AvgIpc) is 2.31. The Morgan fingerprint density at radius 3 is 2.24 bits per heavy atom. The molecule has 7 nitrogen and oxygen atoms in total. The summed E-state index contributed by atoms with van der Waals surface area (Å²) in [5, 5.41) is 0. The van der Waals surface area contributed by atoms with Crippen molar-refractivity contribution in [2.24, 2.45) is 0 Å². The van der Waals surface area contributed by atoms with Crippen molar-refractivity contribution in [3.63, 3.8) is 0 Å². The maximum Gasteiger partial charge on any atom is 0.508 e. The molecule has 0 heterocycles. The highest BCUT2D eigenvalue weighted by molar-refractivity contribution is 5.68. The maximum atomic E-state index is 11.5. The third kappa shape index (κ3) is 5.39. The number of ether oxygens (including phenoxy) is 4. The van der Waals surface area contributed by atoms with Crippen LogP contribution in [0.1, 0.15) is 13.8 Å². The lowest BCUT2D eigenvalue weighted by atomic mass is 10.1. The number of hydrogen-bond acceptors (Lipinski definition) is 6. The van der Waals surface area contributed by atoms with Crippen LogP contribution in [0.3, 0.4) is 0 Å². The minimum absolute atomic E-state index is 0.00173. The third-order valence-corrected chi connectivity index (χ3v) is 2.19. The van der Waals surface area contributed by atoms with Gasteiger partial charge in [0, 0.05) is 14.2 Å². The predicted molar refractivity (Wildman–Crippen MR) is 58.6 cm³/mol. The number of methoxy groups -OCH3 is 2. The molecule has 0 saturated carbocycles. The molecule has 0 aliphatic carbocycles. The number of likely N-dealkylation sites (N-methyl/N-ethyl adjacent to an activating group) is 1. The van der Waals surface area contributed by atoms with E-state index in [2.05, 4.69) is 9.47 Å². The number of carbonyl (C=O) groups is 2. The number of rotatable bonds is 5. The summed E-state index contributed by atoms with van der Waals surface area (Å²) >= 11 is 0. The van der Waals surface area contributed by atoms with Crippen molar-refractivity contribution >= 4 is 12.2 Å². The molecule has 17 heavy (non-hydrogen) atoms. The summed E-state index contributed by atoms with van der Waals surface area (Å²) < 4.78 is 18.5. The van der Waals surface area contributed by atoms with Crippen LogP contribution in [-0.2, 0) is 18.9 Å². The van der Waals surface area contributed by atoms with Gasteiger partial charge in [0.2, 0.25) is 0 Å². The molecule has 0 aromatic rings. The quantitative estimate of drug-likeness (QED) is 0.538. The van der Waals surface area contributed by atoms with Crippen LogP contribution in [0.25, 0.3) is 0 Å². The molecule has 0 spiro atoms. The summed E-state index contributed by atoms with van der Waals surface area (Å²) in [6.07, 6.45) is -1.36. The van der Waals surface area contributed by atoms with Gasteiger partial charge in [-0.05, 0) is 13.8 Å². The van der Waals surface area contributed by atoms with Crippen LogP contribution >= 0.6 is 0 Å². The molecule has 0 bridgehead atoms. The minimum atomic E-state index is -0.795. The van der Waals surface area contributed by atoms with Crippen LogP contribution in [0.5, 0.6) is 0 Å². The van der Waals surface area contributed by atoms with Crippen molar-refractivity contribution in [2.45, 2.75) is 19.4 Å². The number of hydrogen-bond donors (Lipinski definition) is 0. The van der Waals surface area contributed by atoms with E-state index in [0.717, 1.165) is 0 Å². The van der Waals surface area contributed by atoms with E-state index in [1.165, 1.54) is 19.1 Å². The first-order valence-corrected chi connectivity index (χ1v) is 4.95. The fraction of sp³-hybridized carbons (Fsp3) is 0.800. The zero-order valence-electron chi connectivity index (χ0n) is 10.8. The summed E-state index contributed by atoms with van der Waals surface area (Å²) in [6.45, 7) is 3.32. The molecule has 0 rings (SSSR count). The van der Waals surface area contributed by atoms with E-state index >= 15 is 0 Å². The summed E-state index contributed by atoms with van der Waals surface area (Å²) in [4.78, 5) is 23.7. The lowest BCUT2D eigenvalue weighted by Gasteiger charge is -2.33. The van der Waals surface area contributed by atoms with Gasteiger partial charge in [-0.1, -0.05) is 0 Å². The Morgan fingerprint density at radius 2 is 1.76 bits per heavy atom. The number of nitrogens with zero attached hydrogens (tertiary/aromatic N) is 1. The second-order valence-corrected chi connectivity index (χ2v) is 3.93. The van der Waals surface area contributed by atoms with Gasteiger partial charge in [-0.3, -0.25) is 0 Å². The normalized spacial score (nSPS) is 10.6. The summed E-state index contributed by atoms with van der Waals surface area (Å²) in [6, 6.07) is 0. The first-order valence-electron chi connectivity index (χ1n) is 4.95. The van der Waals surface area contributed by atoms with Gasteiger partial charge in [-0.15, -0.1) is 0 Å². The molecule has 0 aliphatic heterocycles. The summed E-state index contributed by atoms with van der Waals surface area (Å²) in [5.74, 6) is 0. The second-order valence-electron chi connectivity index (χ2n) is 3.93. The molecule has 0 N–H and O–H groups in total. The molecule has 7 heteroatoms. The zero-order valence-corrected chi connectivity index (χ0v) is 10.8. The average molecular weight is 249 g/mol. The van der Waals surface area contributed by atoms with Gasteiger partial charge in [0.05, 0.1) is 12.6 Å². The Hall–Kier alpha value is -1.50. The van der Waals surface area contributed by atoms with Gasteiger partial charge in [0.1, 0.15) is 6.61 Å². The topological polar surface area (TPSA) is 74.3 Å². The summed E-state index contributed by atoms with van der Waals surface area (Å²) in [7, 11) is 4.17. The highest BCUT2D eigenvalue weighted by Crippen LogP contribution is 2.14. The Balaban J connectivity index is 4.27. The van der Waals surface area contributed by atoms with Crippen LogP contribution in [0, 0.1) is 0 Å². The molecule has 0 aromatic heterocycles. The minimum Gasteiger partial charge on any atom is -0.438 e. The molecule has 0 radical (unpaired) electrons. The lowest BCUT2D eigenvalue weighted by molar-refractivity contribution is -0.0245. The van der Waals surface area contributed by atoms with Gasteiger partial charge >= 0.3 is 12.2 Å². The van der Waals surface area contributed by atoms with Crippen LogP contribution in [0.4, 0.5) is 9.59 Å². The fourth-order valence-corrected chi connectivity index (χ4v) is 0.845. The Kier molecular flexibility index (Phi) is 6.34. The summed E-state index contributed by atoms with van der Waals surface area (Å²) in [5.41, 5.74) is -0.709. The van der Waals surface area contributed by atoms with Crippen molar-refractivity contribution in [3.05, 3.63) is 0 Å². The van der Waals surface area contributed by atoms with E-state index in [4.69, 9.17) is 9.47 Å². The van der Waals surface area contributed by atoms with E-state index in [-0.39, 0.29) is 13.4 Å². The molecule has 0 saturated heterocycles. The maximum absolute atomic E-state index is 11.5. The van der Waals surface area contributed by atoms with E-state index < -0.39 is 17.8 Å². The third-order valence-electron chi connectivity index (χ3n) is 2.19. The van der Waals surface area contributed by atoms with Crippen molar-refractivity contribution in [2.75, 3.05) is 34.7 Å². The molecule has 1 amide bonds. The smallest absolute Gasteiger partial charge is 0.438 e. The van der Waals surface area contributed by atoms with Crippen LogP contribution in [0.2, 0.25) is 0 Å². The molecular formula is C10H19NO6. The van der Waals surface area contributed by atoms with Gasteiger partial charge in [-0.25, -0.2) is 9.59 Å². The predicted octanol–water partition coefficient (Wildman–Crippen LogP) is 1.22. The Labute approximate surface area is 101 Å². The highest BCUT2D eigenvalue weighted by atomic mass is 16.7. The first-order chi connectivity index (χ1) is 7.85. The van der Waals surface area contributed by atoms with Crippen LogP contribution in [-0.4, -0.2) is 57.4 Å². The van der Waals surface area contributed by atoms with E-state index in [1.54, 1.807) is 20.9 Å². The molecule has 100 valence electrons. The molecule has 0 fully saturated rings. The lowest BCUT2D eigenvalue weighted by Crippen LogP contribution is -2.49. The van der Waals surface area contributed by atoms with Crippen molar-refractivity contribution in [3.8, 4) is 0 Å². The Morgan fingerprint density at radius 1 is 1.18 bits per heavy atom. The standard InChI is InChI=1S/C10H19NO6/c1-10(2,6-16-9(13)15-5)11(3)8(12)17-7-14-4/h6-7H2,1-5H3. The first kappa shape index (κ1) is 15.5. The largest absolute Gasteiger partial charge is 0.508 e. The molecule has 0 aromatic carbocycles. The van der Waals surface area contributed by atoms with Crippen LogP contribution < -0.4 is 0 Å². The zero-order chi connectivity index (χ0) is 13.5. The molecule has 0 unspecified atom stereocenters.